The van der Waals surface area contributed by atoms with E-state index in [1.807, 2.05) is 26.0 Å². The Kier molecular flexibility index (Phi) is 4.49. The summed E-state index contributed by atoms with van der Waals surface area (Å²) >= 11 is 0. The third kappa shape index (κ3) is 3.22. The van der Waals surface area contributed by atoms with Crippen molar-refractivity contribution in [1.82, 2.24) is 5.32 Å². The molecule has 1 aromatic rings. The molecule has 5 nitrogen and oxygen atoms in total. The summed E-state index contributed by atoms with van der Waals surface area (Å²) in [7, 11) is 0. The third-order valence-corrected chi connectivity index (χ3v) is 3.71. The van der Waals surface area contributed by atoms with Crippen molar-refractivity contribution in [2.75, 3.05) is 13.2 Å². The minimum absolute atomic E-state index is 0.180. The zero-order valence-electron chi connectivity index (χ0n) is 11.9. The lowest BCUT2D eigenvalue weighted by molar-refractivity contribution is -0.131. The summed E-state index contributed by atoms with van der Waals surface area (Å²) in [6, 6.07) is 7.25. The highest BCUT2D eigenvalue weighted by molar-refractivity contribution is 5.81. The van der Waals surface area contributed by atoms with Crippen LogP contribution in [0.2, 0.25) is 0 Å². The molecule has 1 atom stereocenters. The monoisotopic (exact) mass is 279 g/mol. The summed E-state index contributed by atoms with van der Waals surface area (Å²) in [4.78, 5) is 12.1. The Labute approximate surface area is 118 Å². The number of nitrogens with one attached hydrogen (secondary N) is 1. The maximum absolute atomic E-state index is 12.1. The third-order valence-electron chi connectivity index (χ3n) is 3.71. The van der Waals surface area contributed by atoms with Crippen molar-refractivity contribution in [2.24, 2.45) is 0 Å². The number of para-hydroxylation sites is 2. The van der Waals surface area contributed by atoms with E-state index in [-0.39, 0.29) is 19.1 Å². The van der Waals surface area contributed by atoms with E-state index in [0.717, 1.165) is 0 Å². The van der Waals surface area contributed by atoms with Crippen molar-refractivity contribution in [1.29, 1.82) is 0 Å². The molecule has 0 spiro atoms. The molecule has 110 valence electrons. The Morgan fingerprint density at radius 1 is 1.35 bits per heavy atom. The topological polar surface area (TPSA) is 67.8 Å². The van der Waals surface area contributed by atoms with Crippen LogP contribution in [0.4, 0.5) is 0 Å². The highest BCUT2D eigenvalue weighted by Crippen LogP contribution is 2.30. The first-order valence-electron chi connectivity index (χ1n) is 6.96. The SMILES string of the molecule is CCC(O)(CC)CNC(=O)C1COc2ccccc2O1. The first-order valence-corrected chi connectivity index (χ1v) is 6.96. The van der Waals surface area contributed by atoms with E-state index >= 15 is 0 Å². The molecule has 0 saturated heterocycles. The first-order chi connectivity index (χ1) is 9.58. The number of hydrogen-bond acceptors (Lipinski definition) is 4. The van der Waals surface area contributed by atoms with Crippen LogP contribution in [0, 0.1) is 0 Å². The lowest BCUT2D eigenvalue weighted by Crippen LogP contribution is -2.49. The van der Waals surface area contributed by atoms with Gasteiger partial charge in [-0.1, -0.05) is 26.0 Å². The molecule has 2 rings (SSSR count). The molecule has 0 aromatic heterocycles. The minimum atomic E-state index is -0.858. The number of aliphatic hydroxyl groups is 1. The number of carbonyl (C=O) groups is 1. The zero-order chi connectivity index (χ0) is 14.6. The number of carbonyl (C=O) groups excluding carboxylic acids is 1. The molecule has 1 unspecified atom stereocenters. The normalized spacial score (nSPS) is 17.6. The first kappa shape index (κ1) is 14.7. The predicted molar refractivity (Wildman–Crippen MR) is 74.9 cm³/mol. The van der Waals surface area contributed by atoms with Crippen LogP contribution in [0.15, 0.2) is 24.3 Å². The van der Waals surface area contributed by atoms with E-state index in [9.17, 15) is 9.90 Å². The fourth-order valence-electron chi connectivity index (χ4n) is 2.01. The van der Waals surface area contributed by atoms with Gasteiger partial charge in [-0.2, -0.15) is 0 Å². The second-order valence-electron chi connectivity index (χ2n) is 5.01. The molecule has 1 amide bonds. The molecule has 0 aliphatic carbocycles. The molecule has 0 saturated carbocycles. The molecule has 5 heteroatoms. The van der Waals surface area contributed by atoms with Gasteiger partial charge in [0.05, 0.1) is 5.60 Å². The summed E-state index contributed by atoms with van der Waals surface area (Å²) in [5, 5.41) is 12.9. The number of amides is 1. The van der Waals surface area contributed by atoms with Gasteiger partial charge in [-0.25, -0.2) is 0 Å². The summed E-state index contributed by atoms with van der Waals surface area (Å²) in [6.07, 6.45) is 0.506. The molecular weight excluding hydrogens is 258 g/mol. The van der Waals surface area contributed by atoms with Crippen LogP contribution in [0.5, 0.6) is 11.5 Å². The standard InChI is InChI=1S/C15H21NO4/c1-3-15(18,4-2)10-16-14(17)13-9-19-11-7-5-6-8-12(11)20-13/h5-8,13,18H,3-4,9-10H2,1-2H3,(H,16,17). The average Bonchev–Trinajstić information content (AvgIpc) is 2.51. The maximum Gasteiger partial charge on any atom is 0.264 e. The zero-order valence-corrected chi connectivity index (χ0v) is 11.9. The van der Waals surface area contributed by atoms with Gasteiger partial charge in [0.15, 0.2) is 11.5 Å². The van der Waals surface area contributed by atoms with Gasteiger partial charge in [0.2, 0.25) is 6.10 Å². The Balaban J connectivity index is 1.92. The molecule has 1 heterocycles. The van der Waals surface area contributed by atoms with E-state index in [0.29, 0.717) is 24.3 Å². The van der Waals surface area contributed by atoms with Crippen molar-refractivity contribution >= 4 is 5.91 Å². The van der Waals surface area contributed by atoms with Crippen LogP contribution < -0.4 is 14.8 Å². The smallest absolute Gasteiger partial charge is 0.264 e. The average molecular weight is 279 g/mol. The highest BCUT2D eigenvalue weighted by Gasteiger charge is 2.29. The molecule has 1 aromatic carbocycles. The van der Waals surface area contributed by atoms with Crippen molar-refractivity contribution in [2.45, 2.75) is 38.4 Å². The molecule has 0 radical (unpaired) electrons. The van der Waals surface area contributed by atoms with Crippen LogP contribution in [0.25, 0.3) is 0 Å². The van der Waals surface area contributed by atoms with Gasteiger partial charge in [-0.05, 0) is 25.0 Å². The maximum atomic E-state index is 12.1. The highest BCUT2D eigenvalue weighted by atomic mass is 16.6. The molecule has 0 bridgehead atoms. The van der Waals surface area contributed by atoms with E-state index in [4.69, 9.17) is 9.47 Å². The predicted octanol–water partition coefficient (Wildman–Crippen LogP) is 1.49. The van der Waals surface area contributed by atoms with E-state index < -0.39 is 11.7 Å². The van der Waals surface area contributed by atoms with Gasteiger partial charge in [0.1, 0.15) is 6.61 Å². The Hall–Kier alpha value is -1.75. The Morgan fingerprint density at radius 2 is 2.00 bits per heavy atom. The van der Waals surface area contributed by atoms with Crippen molar-refractivity contribution in [3.8, 4) is 11.5 Å². The van der Waals surface area contributed by atoms with Gasteiger partial charge in [0.25, 0.3) is 5.91 Å². The summed E-state index contributed by atoms with van der Waals surface area (Å²) in [6.45, 7) is 4.19. The Bertz CT molecular complexity index is 471. The van der Waals surface area contributed by atoms with Crippen molar-refractivity contribution in [3.05, 3.63) is 24.3 Å². The van der Waals surface area contributed by atoms with E-state index in [2.05, 4.69) is 5.32 Å². The number of benzene rings is 1. The second-order valence-corrected chi connectivity index (χ2v) is 5.01. The lowest BCUT2D eigenvalue weighted by atomic mass is 9.97. The number of fused-ring (bicyclic) bond motifs is 1. The van der Waals surface area contributed by atoms with Gasteiger partial charge < -0.3 is 19.9 Å². The van der Waals surface area contributed by atoms with Gasteiger partial charge in [-0.15, -0.1) is 0 Å². The quantitative estimate of drug-likeness (QED) is 0.857. The largest absolute Gasteiger partial charge is 0.485 e. The summed E-state index contributed by atoms with van der Waals surface area (Å²) in [5.41, 5.74) is -0.858. The number of rotatable bonds is 5. The van der Waals surface area contributed by atoms with Crippen LogP contribution in [-0.4, -0.2) is 35.9 Å². The summed E-state index contributed by atoms with van der Waals surface area (Å²) in [5.74, 6) is 0.954. The molecule has 1 aliphatic heterocycles. The van der Waals surface area contributed by atoms with Crippen molar-refractivity contribution in [3.63, 3.8) is 0 Å². The fourth-order valence-corrected chi connectivity index (χ4v) is 2.01. The van der Waals surface area contributed by atoms with Crippen LogP contribution in [0.1, 0.15) is 26.7 Å². The molecule has 1 aliphatic rings. The molecule has 0 fully saturated rings. The Morgan fingerprint density at radius 3 is 2.65 bits per heavy atom. The van der Waals surface area contributed by atoms with Crippen LogP contribution in [-0.2, 0) is 4.79 Å². The molecule has 20 heavy (non-hydrogen) atoms. The van der Waals surface area contributed by atoms with Gasteiger partial charge in [0, 0.05) is 6.54 Å². The van der Waals surface area contributed by atoms with Gasteiger partial charge >= 0.3 is 0 Å². The molecular formula is C15H21NO4. The fraction of sp³-hybridized carbons (Fsp3) is 0.533. The van der Waals surface area contributed by atoms with E-state index in [1.165, 1.54) is 0 Å². The number of hydrogen-bond donors (Lipinski definition) is 2. The lowest BCUT2D eigenvalue weighted by Gasteiger charge is -2.29. The number of ether oxygens (including phenoxy) is 2. The van der Waals surface area contributed by atoms with Crippen molar-refractivity contribution < 1.29 is 19.4 Å². The van der Waals surface area contributed by atoms with Crippen LogP contribution >= 0.6 is 0 Å². The second kappa shape index (κ2) is 6.13. The molecule has 2 N–H and O–H groups in total. The van der Waals surface area contributed by atoms with E-state index in [1.54, 1.807) is 12.1 Å². The van der Waals surface area contributed by atoms with Crippen LogP contribution in [0.3, 0.4) is 0 Å². The summed E-state index contributed by atoms with van der Waals surface area (Å²) < 4.78 is 11.1. The van der Waals surface area contributed by atoms with Gasteiger partial charge in [-0.3, -0.25) is 4.79 Å². The minimum Gasteiger partial charge on any atom is -0.485 e.